The Bertz CT molecular complexity index is 619. The van der Waals surface area contributed by atoms with Crippen molar-refractivity contribution in [1.82, 2.24) is 4.90 Å². The van der Waals surface area contributed by atoms with Crippen LogP contribution in [-0.4, -0.2) is 36.7 Å². The van der Waals surface area contributed by atoms with Gasteiger partial charge < -0.3 is 14.4 Å². The van der Waals surface area contributed by atoms with Crippen LogP contribution in [0, 0.1) is 0 Å². The lowest BCUT2D eigenvalue weighted by molar-refractivity contribution is 0.173. The van der Waals surface area contributed by atoms with Gasteiger partial charge in [-0.05, 0) is 90.1 Å². The van der Waals surface area contributed by atoms with Crippen LogP contribution < -0.4 is 9.47 Å². The number of hydrogen-bond acceptors (Lipinski definition) is 3. The molecule has 0 radical (unpaired) electrons. The summed E-state index contributed by atoms with van der Waals surface area (Å²) in [5.41, 5.74) is 1.80. The average Bonchev–Trinajstić information content (AvgIpc) is 3.25. The van der Waals surface area contributed by atoms with Crippen molar-refractivity contribution in [2.45, 2.75) is 95.3 Å². The minimum atomic E-state index is 0.171. The number of benzene rings is 1. The summed E-state index contributed by atoms with van der Waals surface area (Å²) in [7, 11) is 2.31. The van der Waals surface area contributed by atoms with Crippen LogP contribution in [0.5, 0.6) is 11.5 Å². The molecule has 4 rings (SSSR count). The van der Waals surface area contributed by atoms with E-state index in [1.807, 2.05) is 0 Å². The topological polar surface area (TPSA) is 21.7 Å². The molecule has 3 heteroatoms. The zero-order valence-corrected chi connectivity index (χ0v) is 16.8. The highest BCUT2D eigenvalue weighted by Gasteiger charge is 2.48. The first-order chi connectivity index (χ1) is 12.6. The van der Waals surface area contributed by atoms with Gasteiger partial charge >= 0.3 is 0 Å². The molecule has 26 heavy (non-hydrogen) atoms. The number of likely N-dealkylation sites (tertiary alicyclic amines) is 1. The third-order valence-electron chi connectivity index (χ3n) is 6.91. The van der Waals surface area contributed by atoms with Gasteiger partial charge in [-0.15, -0.1) is 0 Å². The fourth-order valence-corrected chi connectivity index (χ4v) is 5.61. The van der Waals surface area contributed by atoms with Gasteiger partial charge in [0.15, 0.2) is 11.5 Å². The third kappa shape index (κ3) is 3.35. The highest BCUT2D eigenvalue weighted by molar-refractivity contribution is 5.47. The molecule has 0 amide bonds. The van der Waals surface area contributed by atoms with Crippen LogP contribution in [0.4, 0.5) is 0 Å². The summed E-state index contributed by atoms with van der Waals surface area (Å²) in [5.74, 6) is 1.90. The second-order valence-electron chi connectivity index (χ2n) is 9.00. The molecular formula is C23H35NO2. The molecule has 1 unspecified atom stereocenters. The van der Waals surface area contributed by atoms with E-state index in [2.05, 4.69) is 44.0 Å². The van der Waals surface area contributed by atoms with E-state index >= 15 is 0 Å². The van der Waals surface area contributed by atoms with Crippen molar-refractivity contribution in [3.05, 3.63) is 23.8 Å². The predicted molar refractivity (Wildman–Crippen MR) is 106 cm³/mol. The first-order valence-electron chi connectivity index (χ1n) is 10.8. The Labute approximate surface area is 159 Å². The number of likely N-dealkylation sites (N-methyl/N-ethyl adjacent to an activating group) is 1. The average molecular weight is 358 g/mol. The molecule has 1 aromatic carbocycles. The van der Waals surface area contributed by atoms with Gasteiger partial charge in [-0.1, -0.05) is 18.9 Å². The maximum atomic E-state index is 6.47. The first-order valence-corrected chi connectivity index (χ1v) is 10.8. The van der Waals surface area contributed by atoms with Crippen LogP contribution in [0.2, 0.25) is 0 Å². The summed E-state index contributed by atoms with van der Waals surface area (Å²) < 4.78 is 12.6. The maximum Gasteiger partial charge on any atom is 0.161 e. The fraction of sp³-hybridized carbons (Fsp3) is 0.739. The monoisotopic (exact) mass is 357 g/mol. The Morgan fingerprint density at radius 1 is 1.00 bits per heavy atom. The summed E-state index contributed by atoms with van der Waals surface area (Å²) >= 11 is 0. The number of fused-ring (bicyclic) bond motifs is 1. The quantitative estimate of drug-likeness (QED) is 0.713. The molecule has 1 aromatic rings. The Morgan fingerprint density at radius 3 is 2.54 bits per heavy atom. The molecule has 2 saturated carbocycles. The second kappa shape index (κ2) is 7.42. The lowest BCUT2D eigenvalue weighted by Crippen LogP contribution is -2.43. The van der Waals surface area contributed by atoms with E-state index in [1.165, 1.54) is 69.9 Å². The van der Waals surface area contributed by atoms with Crippen molar-refractivity contribution >= 4 is 0 Å². The molecule has 3 nitrogen and oxygen atoms in total. The molecule has 0 bridgehead atoms. The number of rotatable bonds is 5. The van der Waals surface area contributed by atoms with Crippen LogP contribution >= 0.6 is 0 Å². The van der Waals surface area contributed by atoms with E-state index < -0.39 is 0 Å². The zero-order chi connectivity index (χ0) is 18.1. The summed E-state index contributed by atoms with van der Waals surface area (Å²) in [6, 6.07) is 7.54. The molecule has 1 saturated heterocycles. The molecule has 1 heterocycles. The van der Waals surface area contributed by atoms with Crippen molar-refractivity contribution in [3.63, 3.8) is 0 Å². The highest BCUT2D eigenvalue weighted by Crippen LogP contribution is 2.50. The van der Waals surface area contributed by atoms with E-state index in [-0.39, 0.29) is 6.10 Å². The van der Waals surface area contributed by atoms with Crippen LogP contribution in [0.1, 0.15) is 77.2 Å². The van der Waals surface area contributed by atoms with Gasteiger partial charge in [0.1, 0.15) is 0 Å². The van der Waals surface area contributed by atoms with Crippen LogP contribution in [0.25, 0.3) is 0 Å². The molecule has 2 atom stereocenters. The zero-order valence-electron chi connectivity index (χ0n) is 16.8. The van der Waals surface area contributed by atoms with E-state index in [0.29, 0.717) is 17.6 Å². The van der Waals surface area contributed by atoms with Crippen LogP contribution in [0.3, 0.4) is 0 Å². The third-order valence-corrected chi connectivity index (χ3v) is 6.91. The van der Waals surface area contributed by atoms with Gasteiger partial charge in [-0.3, -0.25) is 0 Å². The Morgan fingerprint density at radius 2 is 1.77 bits per heavy atom. The summed E-state index contributed by atoms with van der Waals surface area (Å²) in [6.07, 6.45) is 12.1. The van der Waals surface area contributed by atoms with Crippen molar-refractivity contribution in [1.29, 1.82) is 0 Å². The van der Waals surface area contributed by atoms with Crippen molar-refractivity contribution < 1.29 is 9.47 Å². The number of ether oxygens (including phenoxy) is 2. The highest BCUT2D eigenvalue weighted by atomic mass is 16.5. The lowest BCUT2D eigenvalue weighted by Gasteiger charge is -2.42. The molecule has 2 aliphatic carbocycles. The Kier molecular flexibility index (Phi) is 5.18. The minimum absolute atomic E-state index is 0.171. The molecule has 0 N–H and O–H groups in total. The molecule has 3 aliphatic rings. The van der Waals surface area contributed by atoms with E-state index in [4.69, 9.17) is 9.47 Å². The van der Waals surface area contributed by atoms with Crippen LogP contribution in [0.15, 0.2) is 18.2 Å². The largest absolute Gasteiger partial charge is 0.487 e. The molecule has 1 aliphatic heterocycles. The normalized spacial score (nSPS) is 29.9. The molecule has 3 fully saturated rings. The van der Waals surface area contributed by atoms with Gasteiger partial charge in [0.05, 0.1) is 12.2 Å². The smallest absolute Gasteiger partial charge is 0.161 e. The molecule has 0 aromatic heterocycles. The van der Waals surface area contributed by atoms with Crippen molar-refractivity contribution in [3.8, 4) is 11.5 Å². The summed E-state index contributed by atoms with van der Waals surface area (Å²) in [4.78, 5) is 2.59. The van der Waals surface area contributed by atoms with Crippen molar-refractivity contribution in [2.24, 2.45) is 0 Å². The molecular weight excluding hydrogens is 322 g/mol. The van der Waals surface area contributed by atoms with E-state index in [0.717, 1.165) is 11.5 Å². The van der Waals surface area contributed by atoms with Gasteiger partial charge in [-0.25, -0.2) is 0 Å². The van der Waals surface area contributed by atoms with Gasteiger partial charge in [0, 0.05) is 11.5 Å². The predicted octanol–water partition coefficient (Wildman–Crippen LogP) is 5.31. The lowest BCUT2D eigenvalue weighted by atomic mass is 9.66. The second-order valence-corrected chi connectivity index (χ2v) is 9.00. The van der Waals surface area contributed by atoms with Crippen molar-refractivity contribution in [2.75, 3.05) is 13.6 Å². The van der Waals surface area contributed by atoms with E-state index in [1.54, 1.807) is 0 Å². The fourth-order valence-electron chi connectivity index (χ4n) is 5.61. The summed E-state index contributed by atoms with van der Waals surface area (Å²) in [5, 5.41) is 0. The Balaban J connectivity index is 1.67. The first kappa shape index (κ1) is 18.2. The number of hydrogen-bond donors (Lipinski definition) is 0. The molecule has 0 spiro atoms. The standard InChI is InChI=1S/C23H35NO2/c1-17(2)25-20-12-11-18(16-21(20)26-19-8-4-5-9-19)23-13-7-6-10-22(23)24(3)15-14-23/h11-12,16-17,19,22H,4-10,13-15H2,1-3H3/t22?,23-/m0/s1. The SMILES string of the molecule is CC(C)Oc1ccc([C@@]23CCCCC2N(C)CC3)cc1OC1CCCC1. The van der Waals surface area contributed by atoms with E-state index in [9.17, 15) is 0 Å². The van der Waals surface area contributed by atoms with Gasteiger partial charge in [-0.2, -0.15) is 0 Å². The number of nitrogens with zero attached hydrogens (tertiary/aromatic N) is 1. The maximum absolute atomic E-state index is 6.47. The summed E-state index contributed by atoms with van der Waals surface area (Å²) in [6.45, 7) is 5.40. The Hall–Kier alpha value is -1.22. The minimum Gasteiger partial charge on any atom is -0.487 e. The molecule has 144 valence electrons. The van der Waals surface area contributed by atoms with Crippen LogP contribution in [-0.2, 0) is 5.41 Å². The van der Waals surface area contributed by atoms with Gasteiger partial charge in [0.2, 0.25) is 0 Å². The van der Waals surface area contributed by atoms with Gasteiger partial charge in [0.25, 0.3) is 0 Å².